The Bertz CT molecular complexity index is 866. The number of halogens is 1. The van der Waals surface area contributed by atoms with Crippen molar-refractivity contribution >= 4 is 28.7 Å². The van der Waals surface area contributed by atoms with E-state index in [0.717, 1.165) is 41.4 Å². The van der Waals surface area contributed by atoms with Crippen molar-refractivity contribution in [3.63, 3.8) is 0 Å². The normalized spacial score (nSPS) is 16.2. The van der Waals surface area contributed by atoms with Crippen LogP contribution in [0.2, 0.25) is 5.02 Å². The van der Waals surface area contributed by atoms with E-state index in [-0.39, 0.29) is 0 Å². The molecule has 6 heteroatoms. The van der Waals surface area contributed by atoms with Gasteiger partial charge in [-0.1, -0.05) is 11.6 Å². The molecule has 0 unspecified atom stereocenters. The molecule has 120 valence electrons. The number of hydrazine groups is 2. The predicted molar refractivity (Wildman–Crippen MR) is 95.2 cm³/mol. The minimum absolute atomic E-state index is 0.651. The van der Waals surface area contributed by atoms with Gasteiger partial charge < -0.3 is 10.3 Å². The molecule has 2 aromatic carbocycles. The highest BCUT2D eigenvalue weighted by Crippen LogP contribution is 2.38. The Hall–Kier alpha value is -2.68. The summed E-state index contributed by atoms with van der Waals surface area (Å²) >= 11 is 6.03. The maximum Gasteiger partial charge on any atom is 0.0992 e. The average molecular weight is 338 g/mol. The number of allylic oxidation sites excluding steroid dienone is 1. The van der Waals surface area contributed by atoms with E-state index in [1.165, 1.54) is 0 Å². The van der Waals surface area contributed by atoms with Gasteiger partial charge in [-0.2, -0.15) is 5.26 Å². The van der Waals surface area contributed by atoms with Crippen LogP contribution < -0.4 is 15.9 Å². The number of nitrogens with one attached hydrogen (secondary N) is 2. The van der Waals surface area contributed by atoms with Crippen LogP contribution in [0.1, 0.15) is 18.1 Å². The summed E-state index contributed by atoms with van der Waals surface area (Å²) in [5.41, 5.74) is 12.4. The lowest BCUT2D eigenvalue weighted by Crippen LogP contribution is -2.40. The highest BCUT2D eigenvalue weighted by atomic mass is 35.5. The summed E-state index contributed by atoms with van der Waals surface area (Å²) in [6, 6.07) is 15.9. The standard InChI is InChI=1S/C18H16ClN5/c1-12-18-16-7-2-13(11-20)10-17(16)23(8-9-24(18)22-21-12)15-5-3-14(19)4-6-15/h2-7,10,21-22H,8-9H2,1H3. The fourth-order valence-corrected chi connectivity index (χ4v) is 3.34. The molecule has 5 nitrogen and oxygen atoms in total. The van der Waals surface area contributed by atoms with E-state index in [2.05, 4.69) is 26.9 Å². The maximum atomic E-state index is 9.31. The Morgan fingerprint density at radius 3 is 2.67 bits per heavy atom. The second-order valence-electron chi connectivity index (χ2n) is 5.83. The molecule has 2 aliphatic heterocycles. The van der Waals surface area contributed by atoms with Crippen LogP contribution in [-0.4, -0.2) is 18.1 Å². The predicted octanol–water partition coefficient (Wildman–Crippen LogP) is 3.38. The minimum atomic E-state index is 0.651. The van der Waals surface area contributed by atoms with Gasteiger partial charge >= 0.3 is 0 Å². The van der Waals surface area contributed by atoms with Crippen molar-refractivity contribution in [3.8, 4) is 6.07 Å². The minimum Gasteiger partial charge on any atom is -0.339 e. The molecule has 0 aromatic heterocycles. The Labute approximate surface area is 145 Å². The third-order valence-electron chi connectivity index (χ3n) is 4.36. The van der Waals surface area contributed by atoms with Gasteiger partial charge in [0.15, 0.2) is 0 Å². The zero-order chi connectivity index (χ0) is 16.7. The summed E-state index contributed by atoms with van der Waals surface area (Å²) < 4.78 is 0. The zero-order valence-corrected chi connectivity index (χ0v) is 13.9. The number of fused-ring (bicyclic) bond motifs is 3. The smallest absolute Gasteiger partial charge is 0.0992 e. The Morgan fingerprint density at radius 2 is 1.92 bits per heavy atom. The molecule has 4 rings (SSSR count). The third kappa shape index (κ3) is 2.37. The number of nitriles is 1. The largest absolute Gasteiger partial charge is 0.339 e. The van der Waals surface area contributed by atoms with Gasteiger partial charge in [-0.05, 0) is 49.4 Å². The molecule has 0 saturated carbocycles. The van der Waals surface area contributed by atoms with Crippen molar-refractivity contribution in [1.29, 1.82) is 5.26 Å². The SMILES string of the molecule is CC1=C2c3ccc(C#N)cc3N(c3ccc(Cl)cc3)CCN2NN1. The molecule has 2 aliphatic rings. The van der Waals surface area contributed by atoms with Crippen LogP contribution in [0.4, 0.5) is 11.4 Å². The quantitative estimate of drug-likeness (QED) is 0.835. The van der Waals surface area contributed by atoms with E-state index in [1.54, 1.807) is 0 Å². The monoisotopic (exact) mass is 337 g/mol. The van der Waals surface area contributed by atoms with Crippen molar-refractivity contribution < 1.29 is 0 Å². The fraction of sp³-hybridized carbons (Fsp3) is 0.167. The second-order valence-corrected chi connectivity index (χ2v) is 6.27. The first-order valence-corrected chi connectivity index (χ1v) is 8.13. The topological polar surface area (TPSA) is 54.3 Å². The van der Waals surface area contributed by atoms with Gasteiger partial charge in [0.1, 0.15) is 0 Å². The van der Waals surface area contributed by atoms with Gasteiger partial charge in [-0.25, -0.2) is 0 Å². The number of benzene rings is 2. The first kappa shape index (κ1) is 14.9. The van der Waals surface area contributed by atoms with Crippen molar-refractivity contribution in [2.24, 2.45) is 0 Å². The van der Waals surface area contributed by atoms with Crippen molar-refractivity contribution in [3.05, 3.63) is 64.3 Å². The lowest BCUT2D eigenvalue weighted by atomic mass is 10.0. The third-order valence-corrected chi connectivity index (χ3v) is 4.61. The van der Waals surface area contributed by atoms with Gasteiger partial charge in [0, 0.05) is 22.8 Å². The van der Waals surface area contributed by atoms with Crippen LogP contribution in [0.3, 0.4) is 0 Å². The van der Waals surface area contributed by atoms with Crippen LogP contribution in [0, 0.1) is 11.3 Å². The highest BCUT2D eigenvalue weighted by Gasteiger charge is 2.29. The first-order chi connectivity index (χ1) is 11.7. The van der Waals surface area contributed by atoms with Crippen LogP contribution in [0.5, 0.6) is 0 Å². The number of hydrogen-bond acceptors (Lipinski definition) is 5. The zero-order valence-electron chi connectivity index (χ0n) is 13.2. The van der Waals surface area contributed by atoms with E-state index < -0.39 is 0 Å². The summed E-state index contributed by atoms with van der Waals surface area (Å²) in [6.45, 7) is 3.64. The number of rotatable bonds is 1. The Morgan fingerprint density at radius 1 is 1.12 bits per heavy atom. The number of anilines is 2. The van der Waals surface area contributed by atoms with Crippen LogP contribution >= 0.6 is 11.6 Å². The molecule has 24 heavy (non-hydrogen) atoms. The lowest BCUT2D eigenvalue weighted by Gasteiger charge is -2.25. The van der Waals surface area contributed by atoms with Crippen molar-refractivity contribution in [2.45, 2.75) is 6.92 Å². The molecule has 2 N–H and O–H groups in total. The number of nitrogens with zero attached hydrogens (tertiary/aromatic N) is 3. The van der Waals surface area contributed by atoms with Crippen molar-refractivity contribution in [1.82, 2.24) is 16.0 Å². The maximum absolute atomic E-state index is 9.31. The molecule has 0 atom stereocenters. The van der Waals surface area contributed by atoms with E-state index in [0.29, 0.717) is 10.6 Å². The molecule has 2 heterocycles. The fourth-order valence-electron chi connectivity index (χ4n) is 3.22. The molecule has 2 aromatic rings. The van der Waals surface area contributed by atoms with E-state index in [4.69, 9.17) is 11.6 Å². The Balaban J connectivity index is 1.91. The molecule has 0 radical (unpaired) electrons. The van der Waals surface area contributed by atoms with Gasteiger partial charge in [0.2, 0.25) is 0 Å². The van der Waals surface area contributed by atoms with Crippen LogP contribution in [0.15, 0.2) is 48.2 Å². The molecule has 0 amide bonds. The van der Waals surface area contributed by atoms with E-state index in [9.17, 15) is 5.26 Å². The summed E-state index contributed by atoms with van der Waals surface area (Å²) in [7, 11) is 0. The molecule has 0 saturated heterocycles. The molecule has 0 aliphatic carbocycles. The molecular weight excluding hydrogens is 322 g/mol. The highest BCUT2D eigenvalue weighted by molar-refractivity contribution is 6.30. The molecule has 0 bridgehead atoms. The second kappa shape index (κ2) is 5.75. The number of hydrogen-bond donors (Lipinski definition) is 2. The molecular formula is C18H16ClN5. The van der Waals surface area contributed by atoms with Crippen LogP contribution in [-0.2, 0) is 0 Å². The molecule has 0 spiro atoms. The van der Waals surface area contributed by atoms with Gasteiger partial charge in [-0.15, -0.1) is 5.53 Å². The van der Waals surface area contributed by atoms with Gasteiger partial charge in [0.25, 0.3) is 0 Å². The summed E-state index contributed by atoms with van der Waals surface area (Å²) in [5, 5.41) is 12.1. The van der Waals surface area contributed by atoms with Crippen LogP contribution in [0.25, 0.3) is 5.70 Å². The van der Waals surface area contributed by atoms with E-state index in [1.807, 2.05) is 49.4 Å². The Kier molecular flexibility index (Phi) is 3.57. The first-order valence-electron chi connectivity index (χ1n) is 7.75. The summed E-state index contributed by atoms with van der Waals surface area (Å²) in [4.78, 5) is 2.23. The van der Waals surface area contributed by atoms with Gasteiger partial charge in [-0.3, -0.25) is 5.01 Å². The van der Waals surface area contributed by atoms with E-state index >= 15 is 0 Å². The summed E-state index contributed by atoms with van der Waals surface area (Å²) in [5.74, 6) is 0. The summed E-state index contributed by atoms with van der Waals surface area (Å²) in [6.07, 6.45) is 0. The average Bonchev–Trinajstić information content (AvgIpc) is 2.88. The van der Waals surface area contributed by atoms with Gasteiger partial charge in [0.05, 0.1) is 35.3 Å². The van der Waals surface area contributed by atoms with Crippen molar-refractivity contribution in [2.75, 3.05) is 18.0 Å². The molecule has 0 fully saturated rings. The lowest BCUT2D eigenvalue weighted by molar-refractivity contribution is 0.294.